The number of carbonyl (C=O) groups excluding carboxylic acids is 3. The van der Waals surface area contributed by atoms with E-state index in [1.54, 1.807) is 57.0 Å². The average Bonchev–Trinajstić information content (AvgIpc) is 2.90. The zero-order chi connectivity index (χ0) is 28.8. The minimum absolute atomic E-state index is 0.0476. The van der Waals surface area contributed by atoms with Crippen molar-refractivity contribution in [1.29, 1.82) is 0 Å². The van der Waals surface area contributed by atoms with Gasteiger partial charge in [-0.1, -0.05) is 62.9 Å². The molecule has 9 heteroatoms. The van der Waals surface area contributed by atoms with Crippen LogP contribution in [0.4, 0.5) is 10.5 Å². The van der Waals surface area contributed by atoms with E-state index < -0.39 is 29.7 Å². The molecule has 2 aromatic carbocycles. The molecule has 0 heterocycles. The number of nitrogens with zero attached hydrogens (tertiary/aromatic N) is 1. The van der Waals surface area contributed by atoms with Crippen LogP contribution in [0.1, 0.15) is 71.4 Å². The van der Waals surface area contributed by atoms with E-state index in [1.807, 2.05) is 30.3 Å². The van der Waals surface area contributed by atoms with Gasteiger partial charge in [-0.15, -0.1) is 0 Å². The molecule has 2 rings (SSSR count). The number of rotatable bonds is 14. The van der Waals surface area contributed by atoms with E-state index in [-0.39, 0.29) is 11.7 Å². The lowest BCUT2D eigenvalue weighted by Gasteiger charge is -2.34. The van der Waals surface area contributed by atoms with E-state index in [1.165, 1.54) is 0 Å². The SMILES string of the molecule is CCCCCCCN(C(=O)C(CS)NC(=O)OC(C)(C)C)C(C(=O)Nc1ccc(OC)cc1)c1ccccc1. The van der Waals surface area contributed by atoms with E-state index in [4.69, 9.17) is 9.47 Å². The highest BCUT2D eigenvalue weighted by Crippen LogP contribution is 2.26. The van der Waals surface area contributed by atoms with Gasteiger partial charge < -0.3 is 25.0 Å². The fraction of sp³-hybridized carbons (Fsp3) is 0.500. The molecule has 0 radical (unpaired) electrons. The van der Waals surface area contributed by atoms with Crippen molar-refractivity contribution in [3.05, 3.63) is 60.2 Å². The Hall–Kier alpha value is -3.20. The molecule has 0 bridgehead atoms. The fourth-order valence-corrected chi connectivity index (χ4v) is 4.33. The van der Waals surface area contributed by atoms with E-state index in [0.29, 0.717) is 23.5 Å². The van der Waals surface area contributed by atoms with Gasteiger partial charge in [-0.2, -0.15) is 12.6 Å². The average molecular weight is 558 g/mol. The zero-order valence-corrected chi connectivity index (χ0v) is 24.6. The van der Waals surface area contributed by atoms with Crippen LogP contribution in [-0.4, -0.2) is 53.9 Å². The van der Waals surface area contributed by atoms with Crippen molar-refractivity contribution in [1.82, 2.24) is 10.2 Å². The first kappa shape index (κ1) is 32.0. The highest BCUT2D eigenvalue weighted by molar-refractivity contribution is 7.80. The first-order valence-electron chi connectivity index (χ1n) is 13.5. The number of benzene rings is 2. The standard InChI is InChI=1S/C30H43N3O5S/c1-6-7-8-9-13-20-33(28(35)25(21-39)32-29(36)38-30(2,3)4)26(22-14-11-10-12-15-22)27(34)31-23-16-18-24(37-5)19-17-23/h10-12,14-19,25-26,39H,6-9,13,20-21H2,1-5H3,(H,31,34)(H,32,36). The molecule has 0 saturated carbocycles. The highest BCUT2D eigenvalue weighted by Gasteiger charge is 2.35. The third-order valence-corrected chi connectivity index (χ3v) is 6.36. The summed E-state index contributed by atoms with van der Waals surface area (Å²) in [6, 6.07) is 14.3. The molecule has 214 valence electrons. The second-order valence-corrected chi connectivity index (χ2v) is 10.7. The van der Waals surface area contributed by atoms with E-state index >= 15 is 0 Å². The summed E-state index contributed by atoms with van der Waals surface area (Å²) in [5, 5.41) is 5.59. The van der Waals surface area contributed by atoms with Crippen LogP contribution in [0.5, 0.6) is 5.75 Å². The van der Waals surface area contributed by atoms with Crippen LogP contribution in [0.15, 0.2) is 54.6 Å². The molecule has 0 aliphatic carbocycles. The van der Waals surface area contributed by atoms with Crippen LogP contribution >= 0.6 is 12.6 Å². The van der Waals surface area contributed by atoms with Gasteiger partial charge in [-0.3, -0.25) is 9.59 Å². The van der Waals surface area contributed by atoms with Gasteiger partial charge in [0, 0.05) is 18.0 Å². The van der Waals surface area contributed by atoms with Crippen molar-refractivity contribution >= 4 is 36.2 Å². The first-order valence-corrected chi connectivity index (χ1v) is 14.1. The molecule has 0 saturated heterocycles. The Bertz CT molecular complexity index is 1040. The van der Waals surface area contributed by atoms with Gasteiger partial charge in [0.25, 0.3) is 5.91 Å². The molecule has 2 aromatic rings. The summed E-state index contributed by atoms with van der Waals surface area (Å²) < 4.78 is 10.6. The molecule has 0 aliphatic rings. The lowest BCUT2D eigenvalue weighted by atomic mass is 10.0. The van der Waals surface area contributed by atoms with Gasteiger partial charge in [0.15, 0.2) is 0 Å². The number of nitrogens with one attached hydrogen (secondary N) is 2. The third kappa shape index (κ3) is 10.8. The van der Waals surface area contributed by atoms with Crippen LogP contribution in [0.3, 0.4) is 0 Å². The number of methoxy groups -OCH3 is 1. The van der Waals surface area contributed by atoms with E-state index in [9.17, 15) is 14.4 Å². The Labute approximate surface area is 238 Å². The molecule has 0 spiro atoms. The van der Waals surface area contributed by atoms with Crippen molar-refractivity contribution in [2.75, 3.05) is 24.7 Å². The molecule has 8 nitrogen and oxygen atoms in total. The minimum atomic E-state index is -0.973. The number of thiol groups is 1. The molecular weight excluding hydrogens is 514 g/mol. The van der Waals surface area contributed by atoms with Crippen LogP contribution in [0, 0.1) is 0 Å². The third-order valence-electron chi connectivity index (χ3n) is 5.99. The molecule has 39 heavy (non-hydrogen) atoms. The summed E-state index contributed by atoms with van der Waals surface area (Å²) in [7, 11) is 1.58. The zero-order valence-electron chi connectivity index (χ0n) is 23.7. The van der Waals surface area contributed by atoms with Crippen LogP contribution in [0.2, 0.25) is 0 Å². The van der Waals surface area contributed by atoms with Crippen molar-refractivity contribution in [2.45, 2.75) is 77.5 Å². The minimum Gasteiger partial charge on any atom is -0.497 e. The Morgan fingerprint density at radius 2 is 1.59 bits per heavy atom. The van der Waals surface area contributed by atoms with Crippen LogP contribution in [0.25, 0.3) is 0 Å². The largest absolute Gasteiger partial charge is 0.497 e. The Morgan fingerprint density at radius 3 is 2.15 bits per heavy atom. The number of carbonyl (C=O) groups is 3. The Kier molecular flexibility index (Phi) is 13.2. The summed E-state index contributed by atoms with van der Waals surface area (Å²) in [5.41, 5.74) is 0.522. The predicted molar refractivity (Wildman–Crippen MR) is 158 cm³/mol. The fourth-order valence-electron chi connectivity index (χ4n) is 4.08. The van der Waals surface area contributed by atoms with E-state index in [0.717, 1.165) is 32.1 Å². The van der Waals surface area contributed by atoms with Crippen LogP contribution < -0.4 is 15.4 Å². The number of hydrogen-bond donors (Lipinski definition) is 3. The summed E-state index contributed by atoms with van der Waals surface area (Å²) in [5.74, 6) is -0.0404. The van der Waals surface area contributed by atoms with Gasteiger partial charge in [-0.05, 0) is 57.0 Å². The highest BCUT2D eigenvalue weighted by atomic mass is 32.1. The van der Waals surface area contributed by atoms with Crippen molar-refractivity contribution in [2.24, 2.45) is 0 Å². The smallest absolute Gasteiger partial charge is 0.408 e. The normalized spacial score (nSPS) is 12.7. The number of unbranched alkanes of at least 4 members (excludes halogenated alkanes) is 4. The van der Waals surface area contributed by atoms with Crippen LogP contribution in [-0.2, 0) is 14.3 Å². The van der Waals surface area contributed by atoms with Crippen molar-refractivity contribution in [3.8, 4) is 5.75 Å². The maximum atomic E-state index is 14.0. The molecule has 3 amide bonds. The maximum absolute atomic E-state index is 14.0. The number of anilines is 1. The van der Waals surface area contributed by atoms with Gasteiger partial charge >= 0.3 is 6.09 Å². The number of ether oxygens (including phenoxy) is 2. The van der Waals surface area contributed by atoms with Gasteiger partial charge in [-0.25, -0.2) is 4.79 Å². The van der Waals surface area contributed by atoms with Crippen molar-refractivity contribution in [3.63, 3.8) is 0 Å². The Morgan fingerprint density at radius 1 is 0.949 bits per heavy atom. The second kappa shape index (κ2) is 16.0. The Balaban J connectivity index is 2.40. The summed E-state index contributed by atoms with van der Waals surface area (Å²) in [6.45, 7) is 7.74. The summed E-state index contributed by atoms with van der Waals surface area (Å²) in [6.07, 6.45) is 4.17. The van der Waals surface area contributed by atoms with Gasteiger partial charge in [0.2, 0.25) is 5.91 Å². The molecule has 2 atom stereocenters. The summed E-state index contributed by atoms with van der Waals surface area (Å²) >= 11 is 4.35. The monoisotopic (exact) mass is 557 g/mol. The number of alkyl carbamates (subject to hydrolysis) is 1. The lowest BCUT2D eigenvalue weighted by molar-refractivity contribution is -0.140. The molecular formula is C30H43N3O5S. The molecule has 0 aliphatic heterocycles. The predicted octanol–water partition coefficient (Wildman–Crippen LogP) is 6.00. The topological polar surface area (TPSA) is 97.0 Å². The lowest BCUT2D eigenvalue weighted by Crippen LogP contribution is -2.53. The van der Waals surface area contributed by atoms with Crippen molar-refractivity contribution < 1.29 is 23.9 Å². The van der Waals surface area contributed by atoms with E-state index in [2.05, 4.69) is 30.2 Å². The quantitative estimate of drug-likeness (QED) is 0.196. The summed E-state index contributed by atoms with van der Waals surface area (Å²) in [4.78, 5) is 41.8. The molecule has 0 aromatic heterocycles. The molecule has 0 fully saturated rings. The molecule has 2 N–H and O–H groups in total. The van der Waals surface area contributed by atoms with Gasteiger partial charge in [0.05, 0.1) is 7.11 Å². The first-order chi connectivity index (χ1) is 18.6. The maximum Gasteiger partial charge on any atom is 0.408 e. The molecule has 2 unspecified atom stereocenters. The van der Waals surface area contributed by atoms with Gasteiger partial charge in [0.1, 0.15) is 23.4 Å². The number of hydrogen-bond acceptors (Lipinski definition) is 6. The number of amides is 3. The second-order valence-electron chi connectivity index (χ2n) is 10.4.